The minimum absolute atomic E-state index is 0.377. The summed E-state index contributed by atoms with van der Waals surface area (Å²) in [4.78, 5) is 2.80. The van der Waals surface area contributed by atoms with E-state index in [1.165, 1.54) is 38.9 Å². The van der Waals surface area contributed by atoms with E-state index in [0.717, 1.165) is 17.9 Å². The van der Waals surface area contributed by atoms with Crippen LogP contribution in [0.2, 0.25) is 0 Å². The van der Waals surface area contributed by atoms with Gasteiger partial charge in [0, 0.05) is 31.7 Å². The van der Waals surface area contributed by atoms with Gasteiger partial charge < -0.3 is 5.32 Å². The second kappa shape index (κ2) is 5.50. The summed E-state index contributed by atoms with van der Waals surface area (Å²) < 4.78 is 0. The molecule has 18 heavy (non-hydrogen) atoms. The summed E-state index contributed by atoms with van der Waals surface area (Å²) in [6.45, 7) is 15.6. The minimum Gasteiger partial charge on any atom is -0.311 e. The molecule has 1 aliphatic heterocycles. The molecule has 2 fully saturated rings. The van der Waals surface area contributed by atoms with Gasteiger partial charge in [-0.15, -0.1) is 0 Å². The molecule has 0 aromatic rings. The Hall–Kier alpha value is -0.0800. The number of nitrogens with one attached hydrogen (secondary N) is 1. The van der Waals surface area contributed by atoms with Crippen LogP contribution in [-0.4, -0.2) is 36.6 Å². The minimum atomic E-state index is 0.377. The third-order valence-corrected chi connectivity index (χ3v) is 4.91. The molecule has 2 nitrogen and oxygen atoms in total. The monoisotopic (exact) mass is 252 g/mol. The van der Waals surface area contributed by atoms with Crippen molar-refractivity contribution < 1.29 is 0 Å². The van der Waals surface area contributed by atoms with Gasteiger partial charge in [0.05, 0.1) is 0 Å². The van der Waals surface area contributed by atoms with E-state index in [2.05, 4.69) is 44.8 Å². The van der Waals surface area contributed by atoms with Crippen LogP contribution in [0.3, 0.4) is 0 Å². The predicted molar refractivity (Wildman–Crippen MR) is 78.8 cm³/mol. The van der Waals surface area contributed by atoms with Gasteiger partial charge in [-0.3, -0.25) is 4.90 Å². The lowest BCUT2D eigenvalue weighted by Crippen LogP contribution is -2.61. The van der Waals surface area contributed by atoms with Gasteiger partial charge in [0.2, 0.25) is 0 Å². The largest absolute Gasteiger partial charge is 0.311 e. The Balaban J connectivity index is 1.98. The Morgan fingerprint density at radius 1 is 1.28 bits per heavy atom. The zero-order valence-corrected chi connectivity index (χ0v) is 13.0. The summed E-state index contributed by atoms with van der Waals surface area (Å²) in [7, 11) is 0. The van der Waals surface area contributed by atoms with Crippen molar-refractivity contribution >= 4 is 0 Å². The van der Waals surface area contributed by atoms with E-state index in [-0.39, 0.29) is 0 Å². The molecule has 0 bridgehead atoms. The summed E-state index contributed by atoms with van der Waals surface area (Å²) in [5.41, 5.74) is 0.377. The Kier molecular flexibility index (Phi) is 4.38. The van der Waals surface area contributed by atoms with Crippen LogP contribution in [0.4, 0.5) is 0 Å². The quantitative estimate of drug-likeness (QED) is 0.827. The Morgan fingerprint density at radius 2 is 1.94 bits per heavy atom. The summed E-state index contributed by atoms with van der Waals surface area (Å²) in [6, 6.07) is 1.47. The number of nitrogens with zero attached hydrogens (tertiary/aromatic N) is 1. The van der Waals surface area contributed by atoms with E-state index in [9.17, 15) is 0 Å². The van der Waals surface area contributed by atoms with Crippen LogP contribution in [0.25, 0.3) is 0 Å². The molecule has 1 aliphatic carbocycles. The second-order valence-electron chi connectivity index (χ2n) is 7.70. The lowest BCUT2D eigenvalue weighted by molar-refractivity contribution is 0.0633. The van der Waals surface area contributed by atoms with Crippen LogP contribution in [0, 0.1) is 17.3 Å². The molecule has 0 spiro atoms. The van der Waals surface area contributed by atoms with Crippen molar-refractivity contribution in [2.75, 3.05) is 19.6 Å². The average Bonchev–Trinajstić information content (AvgIpc) is 3.11. The van der Waals surface area contributed by atoms with E-state index in [1.807, 2.05) is 0 Å². The number of piperazine rings is 1. The van der Waals surface area contributed by atoms with Gasteiger partial charge in [-0.1, -0.05) is 41.0 Å². The van der Waals surface area contributed by atoms with Gasteiger partial charge in [-0.05, 0) is 30.1 Å². The first-order valence-corrected chi connectivity index (χ1v) is 7.89. The number of hydrogen-bond donors (Lipinski definition) is 1. The standard InChI is InChI=1S/C16H32N2/c1-6-12(2)10-18-11-15(16(3,4)5)17-9-14(18)13-7-8-13/h12-15,17H,6-11H2,1-5H3. The molecule has 106 valence electrons. The maximum absolute atomic E-state index is 3.81. The SMILES string of the molecule is CCC(C)CN1CC(C(C)(C)C)NCC1C1CC1. The normalized spacial score (nSPS) is 32.5. The van der Waals surface area contributed by atoms with Crippen LogP contribution < -0.4 is 5.32 Å². The highest BCUT2D eigenvalue weighted by Crippen LogP contribution is 2.37. The van der Waals surface area contributed by atoms with E-state index in [0.29, 0.717) is 11.5 Å². The van der Waals surface area contributed by atoms with Crippen LogP contribution in [0.15, 0.2) is 0 Å². The molecule has 0 radical (unpaired) electrons. The van der Waals surface area contributed by atoms with Gasteiger partial charge in [-0.25, -0.2) is 0 Å². The molecule has 1 N–H and O–H groups in total. The van der Waals surface area contributed by atoms with Gasteiger partial charge in [0.15, 0.2) is 0 Å². The van der Waals surface area contributed by atoms with Gasteiger partial charge in [0.25, 0.3) is 0 Å². The molecule has 0 aromatic carbocycles. The van der Waals surface area contributed by atoms with Crippen molar-refractivity contribution in [1.29, 1.82) is 0 Å². The van der Waals surface area contributed by atoms with Crippen molar-refractivity contribution in [1.82, 2.24) is 10.2 Å². The highest BCUT2D eigenvalue weighted by molar-refractivity contribution is 4.98. The first-order valence-electron chi connectivity index (χ1n) is 7.89. The Morgan fingerprint density at radius 3 is 2.44 bits per heavy atom. The molecule has 3 atom stereocenters. The third kappa shape index (κ3) is 3.48. The zero-order chi connectivity index (χ0) is 13.3. The molecule has 2 rings (SSSR count). The Bertz CT molecular complexity index is 265. The molecule has 0 amide bonds. The maximum Gasteiger partial charge on any atom is 0.0249 e. The third-order valence-electron chi connectivity index (χ3n) is 4.91. The maximum atomic E-state index is 3.81. The summed E-state index contributed by atoms with van der Waals surface area (Å²) in [5, 5.41) is 3.81. The lowest BCUT2D eigenvalue weighted by atomic mass is 9.84. The molecule has 1 saturated carbocycles. The topological polar surface area (TPSA) is 15.3 Å². The second-order valence-corrected chi connectivity index (χ2v) is 7.70. The fourth-order valence-electron chi connectivity index (χ4n) is 3.09. The molecular weight excluding hydrogens is 220 g/mol. The van der Waals surface area contributed by atoms with E-state index < -0.39 is 0 Å². The Labute approximate surface area is 114 Å². The van der Waals surface area contributed by atoms with Crippen molar-refractivity contribution in [2.45, 2.75) is 66.0 Å². The van der Waals surface area contributed by atoms with Crippen molar-refractivity contribution in [3.8, 4) is 0 Å². The fourth-order valence-corrected chi connectivity index (χ4v) is 3.09. The van der Waals surface area contributed by atoms with E-state index >= 15 is 0 Å². The summed E-state index contributed by atoms with van der Waals surface area (Å²) >= 11 is 0. The molecule has 1 heterocycles. The van der Waals surface area contributed by atoms with Crippen LogP contribution in [0.1, 0.15) is 53.9 Å². The van der Waals surface area contributed by atoms with Crippen molar-refractivity contribution in [2.24, 2.45) is 17.3 Å². The summed E-state index contributed by atoms with van der Waals surface area (Å²) in [5.74, 6) is 1.83. The molecule has 2 aliphatic rings. The molecule has 0 aromatic heterocycles. The first kappa shape index (κ1) is 14.3. The van der Waals surface area contributed by atoms with Gasteiger partial charge >= 0.3 is 0 Å². The summed E-state index contributed by atoms with van der Waals surface area (Å²) in [6.07, 6.45) is 4.23. The van der Waals surface area contributed by atoms with Crippen LogP contribution >= 0.6 is 0 Å². The molecule has 1 saturated heterocycles. The molecular formula is C16H32N2. The zero-order valence-electron chi connectivity index (χ0n) is 13.0. The molecule has 3 unspecified atom stereocenters. The van der Waals surface area contributed by atoms with Crippen molar-refractivity contribution in [3.05, 3.63) is 0 Å². The van der Waals surface area contributed by atoms with Crippen LogP contribution in [0.5, 0.6) is 0 Å². The number of hydrogen-bond acceptors (Lipinski definition) is 2. The highest BCUT2D eigenvalue weighted by atomic mass is 15.2. The lowest BCUT2D eigenvalue weighted by Gasteiger charge is -2.46. The smallest absolute Gasteiger partial charge is 0.0249 e. The van der Waals surface area contributed by atoms with E-state index in [1.54, 1.807) is 0 Å². The van der Waals surface area contributed by atoms with Gasteiger partial charge in [0.1, 0.15) is 0 Å². The highest BCUT2D eigenvalue weighted by Gasteiger charge is 2.41. The van der Waals surface area contributed by atoms with E-state index in [4.69, 9.17) is 0 Å². The van der Waals surface area contributed by atoms with Gasteiger partial charge in [-0.2, -0.15) is 0 Å². The fraction of sp³-hybridized carbons (Fsp3) is 1.00. The van der Waals surface area contributed by atoms with Crippen LogP contribution in [-0.2, 0) is 0 Å². The average molecular weight is 252 g/mol. The number of rotatable bonds is 4. The predicted octanol–water partition coefficient (Wildman–Crippen LogP) is 3.13. The molecule has 2 heteroatoms. The van der Waals surface area contributed by atoms with Crippen molar-refractivity contribution in [3.63, 3.8) is 0 Å². The first-order chi connectivity index (χ1) is 8.41.